The van der Waals surface area contributed by atoms with Crippen molar-refractivity contribution < 1.29 is 4.79 Å². The second-order valence-electron chi connectivity index (χ2n) is 5.86. The summed E-state index contributed by atoms with van der Waals surface area (Å²) in [5.41, 5.74) is 3.79. The molecular weight excluding hydrogens is 369 g/mol. The summed E-state index contributed by atoms with van der Waals surface area (Å²) < 4.78 is 0. The van der Waals surface area contributed by atoms with Crippen molar-refractivity contribution in [3.05, 3.63) is 82.1 Å². The predicted molar refractivity (Wildman–Crippen MR) is 104 cm³/mol. The number of nitrogens with zero attached hydrogens (tertiary/aromatic N) is 2. The standard InChI is InChI=1S/C20H13Cl2N3O/c21-15-8-7-12(11-18(26)13-4-3-9-23-19(13)22)10-14(15)20-24-16-5-1-2-6-17(16)25-20/h1-10H,11H2,(H,24,25). The Morgan fingerprint density at radius 2 is 1.88 bits per heavy atom. The zero-order valence-corrected chi connectivity index (χ0v) is 15.1. The van der Waals surface area contributed by atoms with Gasteiger partial charge in [0.25, 0.3) is 0 Å². The molecule has 0 saturated carbocycles. The molecule has 0 radical (unpaired) electrons. The number of aromatic nitrogens is 3. The lowest BCUT2D eigenvalue weighted by Gasteiger charge is -2.06. The average molecular weight is 382 g/mol. The number of fused-ring (bicyclic) bond motifs is 1. The van der Waals surface area contributed by atoms with Gasteiger partial charge in [-0.2, -0.15) is 0 Å². The highest BCUT2D eigenvalue weighted by Crippen LogP contribution is 2.29. The maximum atomic E-state index is 12.5. The number of benzene rings is 2. The predicted octanol–water partition coefficient (Wildman–Crippen LogP) is 5.36. The van der Waals surface area contributed by atoms with Gasteiger partial charge in [0.1, 0.15) is 11.0 Å². The van der Waals surface area contributed by atoms with Crippen LogP contribution in [0.2, 0.25) is 10.2 Å². The van der Waals surface area contributed by atoms with Gasteiger partial charge >= 0.3 is 0 Å². The molecule has 26 heavy (non-hydrogen) atoms. The number of aromatic amines is 1. The van der Waals surface area contributed by atoms with E-state index in [1.165, 1.54) is 0 Å². The van der Waals surface area contributed by atoms with E-state index in [2.05, 4.69) is 15.0 Å². The highest BCUT2D eigenvalue weighted by Gasteiger charge is 2.14. The Morgan fingerprint density at radius 3 is 2.69 bits per heavy atom. The van der Waals surface area contributed by atoms with Gasteiger partial charge in [-0.25, -0.2) is 9.97 Å². The van der Waals surface area contributed by atoms with Gasteiger partial charge in [0.2, 0.25) is 0 Å². The minimum atomic E-state index is -0.0963. The number of H-pyrrole nitrogens is 1. The third kappa shape index (κ3) is 3.21. The van der Waals surface area contributed by atoms with Crippen LogP contribution >= 0.6 is 23.2 Å². The summed E-state index contributed by atoms with van der Waals surface area (Å²) in [4.78, 5) is 24.3. The molecular formula is C20H13Cl2N3O. The molecule has 1 N–H and O–H groups in total. The van der Waals surface area contributed by atoms with Crippen molar-refractivity contribution in [3.8, 4) is 11.4 Å². The van der Waals surface area contributed by atoms with Crippen molar-refractivity contribution in [1.82, 2.24) is 15.0 Å². The lowest BCUT2D eigenvalue weighted by molar-refractivity contribution is 0.0993. The minimum Gasteiger partial charge on any atom is -0.338 e. The summed E-state index contributed by atoms with van der Waals surface area (Å²) in [6.07, 6.45) is 1.76. The number of hydrogen-bond donors (Lipinski definition) is 1. The molecule has 0 aliphatic carbocycles. The average Bonchev–Trinajstić information content (AvgIpc) is 3.07. The van der Waals surface area contributed by atoms with E-state index in [0.29, 0.717) is 16.4 Å². The van der Waals surface area contributed by atoms with Crippen LogP contribution in [0, 0.1) is 0 Å². The lowest BCUT2D eigenvalue weighted by atomic mass is 10.0. The normalized spacial score (nSPS) is 11.0. The fourth-order valence-corrected chi connectivity index (χ4v) is 3.25. The molecule has 0 unspecified atom stereocenters. The zero-order valence-electron chi connectivity index (χ0n) is 13.5. The van der Waals surface area contributed by atoms with E-state index in [4.69, 9.17) is 23.2 Å². The number of hydrogen-bond acceptors (Lipinski definition) is 3. The molecule has 4 aromatic rings. The third-order valence-corrected chi connectivity index (χ3v) is 4.73. The topological polar surface area (TPSA) is 58.6 Å². The largest absolute Gasteiger partial charge is 0.338 e. The molecule has 2 aromatic carbocycles. The Bertz CT molecular complexity index is 1090. The Hall–Kier alpha value is -2.69. The second-order valence-corrected chi connectivity index (χ2v) is 6.62. The molecule has 128 valence electrons. The van der Waals surface area contributed by atoms with Crippen LogP contribution in [0.1, 0.15) is 15.9 Å². The SMILES string of the molecule is O=C(Cc1ccc(Cl)c(-c2nc3ccccc3[nH]2)c1)c1cccnc1Cl. The quantitative estimate of drug-likeness (QED) is 0.382. The van der Waals surface area contributed by atoms with E-state index < -0.39 is 0 Å². The number of para-hydroxylation sites is 2. The van der Waals surface area contributed by atoms with E-state index in [1.54, 1.807) is 24.4 Å². The van der Waals surface area contributed by atoms with Crippen molar-refractivity contribution in [1.29, 1.82) is 0 Å². The van der Waals surface area contributed by atoms with Crippen molar-refractivity contribution in [3.63, 3.8) is 0 Å². The highest BCUT2D eigenvalue weighted by atomic mass is 35.5. The van der Waals surface area contributed by atoms with Crippen molar-refractivity contribution in [2.75, 3.05) is 0 Å². The Morgan fingerprint density at radius 1 is 1.04 bits per heavy atom. The van der Waals surface area contributed by atoms with Gasteiger partial charge in [-0.15, -0.1) is 0 Å². The van der Waals surface area contributed by atoms with Gasteiger partial charge in [0.15, 0.2) is 5.78 Å². The van der Waals surface area contributed by atoms with Gasteiger partial charge < -0.3 is 4.98 Å². The molecule has 0 saturated heterocycles. The molecule has 2 heterocycles. The summed E-state index contributed by atoms with van der Waals surface area (Å²) in [5.74, 6) is 0.575. The third-order valence-electron chi connectivity index (χ3n) is 4.10. The second kappa shape index (κ2) is 6.90. The molecule has 0 aliphatic rings. The minimum absolute atomic E-state index is 0.0963. The van der Waals surface area contributed by atoms with E-state index in [1.807, 2.05) is 36.4 Å². The number of ketones is 1. The maximum absolute atomic E-state index is 12.5. The number of Topliss-reactive ketones (excluding diaryl/α,β-unsaturated/α-hetero) is 1. The summed E-state index contributed by atoms with van der Waals surface area (Å²) in [7, 11) is 0. The summed E-state index contributed by atoms with van der Waals surface area (Å²) >= 11 is 12.4. The van der Waals surface area contributed by atoms with E-state index in [0.717, 1.165) is 22.2 Å². The zero-order chi connectivity index (χ0) is 18.1. The first-order valence-corrected chi connectivity index (χ1v) is 8.74. The van der Waals surface area contributed by atoms with Crippen LogP contribution in [-0.4, -0.2) is 20.7 Å². The van der Waals surface area contributed by atoms with E-state index in [-0.39, 0.29) is 17.4 Å². The van der Waals surface area contributed by atoms with Crippen LogP contribution in [-0.2, 0) is 6.42 Å². The van der Waals surface area contributed by atoms with Gasteiger partial charge in [-0.1, -0.05) is 41.4 Å². The molecule has 4 rings (SSSR count). The van der Waals surface area contributed by atoms with E-state index >= 15 is 0 Å². The molecule has 2 aromatic heterocycles. The molecule has 0 aliphatic heterocycles. The number of pyridine rings is 1. The van der Waals surface area contributed by atoms with Crippen LogP contribution in [0.15, 0.2) is 60.8 Å². The fraction of sp³-hybridized carbons (Fsp3) is 0.0500. The summed E-state index contributed by atoms with van der Waals surface area (Å²) in [6.45, 7) is 0. The summed E-state index contributed by atoms with van der Waals surface area (Å²) in [5, 5.41) is 0.781. The van der Waals surface area contributed by atoms with Crippen LogP contribution < -0.4 is 0 Å². The fourth-order valence-electron chi connectivity index (χ4n) is 2.82. The van der Waals surface area contributed by atoms with Crippen LogP contribution in [0.5, 0.6) is 0 Å². The number of nitrogens with one attached hydrogen (secondary N) is 1. The molecule has 4 nitrogen and oxygen atoms in total. The van der Waals surface area contributed by atoms with Crippen molar-refractivity contribution in [2.24, 2.45) is 0 Å². The molecule has 0 fully saturated rings. The number of carbonyl (C=O) groups excluding carboxylic acids is 1. The van der Waals surface area contributed by atoms with Crippen LogP contribution in [0.25, 0.3) is 22.4 Å². The molecule has 0 atom stereocenters. The molecule has 6 heteroatoms. The number of rotatable bonds is 4. The first-order chi connectivity index (χ1) is 12.6. The highest BCUT2D eigenvalue weighted by molar-refractivity contribution is 6.33. The van der Waals surface area contributed by atoms with Gasteiger partial charge in [0.05, 0.1) is 21.6 Å². The Kier molecular flexibility index (Phi) is 4.45. The van der Waals surface area contributed by atoms with Crippen molar-refractivity contribution in [2.45, 2.75) is 6.42 Å². The number of halogens is 2. The monoisotopic (exact) mass is 381 g/mol. The van der Waals surface area contributed by atoms with Crippen LogP contribution in [0.3, 0.4) is 0 Å². The maximum Gasteiger partial charge on any atom is 0.170 e. The molecule has 0 amide bonds. The van der Waals surface area contributed by atoms with Crippen molar-refractivity contribution >= 4 is 40.0 Å². The first-order valence-electron chi connectivity index (χ1n) is 7.99. The van der Waals surface area contributed by atoms with Gasteiger partial charge in [-0.05, 0) is 42.0 Å². The van der Waals surface area contributed by atoms with Gasteiger partial charge in [-0.3, -0.25) is 4.79 Å². The van der Waals surface area contributed by atoms with E-state index in [9.17, 15) is 4.79 Å². The summed E-state index contributed by atoms with van der Waals surface area (Å²) in [6, 6.07) is 16.6. The molecule has 0 spiro atoms. The number of imidazole rings is 1. The number of carbonyl (C=O) groups is 1. The Labute approximate surface area is 159 Å². The molecule has 0 bridgehead atoms. The van der Waals surface area contributed by atoms with Gasteiger partial charge in [0, 0.05) is 18.2 Å². The Balaban J connectivity index is 1.68. The lowest BCUT2D eigenvalue weighted by Crippen LogP contribution is -2.05. The van der Waals surface area contributed by atoms with Crippen LogP contribution in [0.4, 0.5) is 0 Å². The first kappa shape index (κ1) is 16.8. The smallest absolute Gasteiger partial charge is 0.170 e.